The van der Waals surface area contributed by atoms with Crippen molar-refractivity contribution in [3.63, 3.8) is 0 Å². The summed E-state index contributed by atoms with van der Waals surface area (Å²) in [4.78, 5) is 6.87. The summed E-state index contributed by atoms with van der Waals surface area (Å²) in [7, 11) is 1.68. The van der Waals surface area contributed by atoms with Crippen LogP contribution >= 0.6 is 0 Å². The highest BCUT2D eigenvalue weighted by molar-refractivity contribution is 5.78. The first-order chi connectivity index (χ1) is 10.7. The molecule has 5 nitrogen and oxygen atoms in total. The number of nitrogens with one attached hydrogen (secondary N) is 1. The monoisotopic (exact) mass is 304 g/mol. The van der Waals surface area contributed by atoms with Crippen molar-refractivity contribution < 1.29 is 4.74 Å². The van der Waals surface area contributed by atoms with Crippen molar-refractivity contribution >= 4 is 5.96 Å². The van der Waals surface area contributed by atoms with Crippen LogP contribution in [0.2, 0.25) is 0 Å². The quantitative estimate of drug-likeness (QED) is 0.454. The number of hydrogen-bond donors (Lipinski definition) is 2. The fraction of sp³-hybridized carbons (Fsp3) is 0.588. The Labute approximate surface area is 133 Å². The third kappa shape index (κ3) is 5.31. The molecule has 1 aliphatic heterocycles. The van der Waals surface area contributed by atoms with Gasteiger partial charge in [0.05, 0.1) is 6.61 Å². The number of nitrogens with zero attached hydrogens (tertiary/aromatic N) is 2. The van der Waals surface area contributed by atoms with E-state index in [1.807, 2.05) is 6.92 Å². The van der Waals surface area contributed by atoms with Gasteiger partial charge in [0.1, 0.15) is 0 Å². The highest BCUT2D eigenvalue weighted by Crippen LogP contribution is 2.18. The van der Waals surface area contributed by atoms with Gasteiger partial charge in [-0.3, -0.25) is 9.89 Å². The first kappa shape index (κ1) is 16.8. The van der Waals surface area contributed by atoms with Crippen LogP contribution in [0.5, 0.6) is 0 Å². The molecule has 0 saturated carbocycles. The number of guanidine groups is 1. The lowest BCUT2D eigenvalue weighted by Gasteiger charge is -2.28. The fourth-order valence-corrected chi connectivity index (χ4v) is 2.83. The van der Waals surface area contributed by atoms with Crippen molar-refractivity contribution in [1.82, 2.24) is 10.2 Å². The van der Waals surface area contributed by atoms with Crippen LogP contribution in [0.1, 0.15) is 24.5 Å². The Morgan fingerprint density at radius 3 is 2.95 bits per heavy atom. The van der Waals surface area contributed by atoms with Gasteiger partial charge in [-0.15, -0.1) is 0 Å². The lowest BCUT2D eigenvalue weighted by molar-refractivity contribution is 0.179. The average molecular weight is 304 g/mol. The third-order valence-corrected chi connectivity index (χ3v) is 3.94. The highest BCUT2D eigenvalue weighted by atomic mass is 16.5. The maximum absolute atomic E-state index is 5.86. The van der Waals surface area contributed by atoms with E-state index < -0.39 is 0 Å². The summed E-state index contributed by atoms with van der Waals surface area (Å²) in [5.74, 6) is 0.508. The number of fused-ring (bicyclic) bond motifs is 1. The molecule has 3 N–H and O–H groups in total. The summed E-state index contributed by atoms with van der Waals surface area (Å²) in [5, 5.41) is 3.12. The fourth-order valence-electron chi connectivity index (χ4n) is 2.83. The molecule has 0 bridgehead atoms. The highest BCUT2D eigenvalue weighted by Gasteiger charge is 2.14. The van der Waals surface area contributed by atoms with Crippen LogP contribution in [0.3, 0.4) is 0 Å². The van der Waals surface area contributed by atoms with Crippen molar-refractivity contribution in [1.29, 1.82) is 0 Å². The second-order valence-electron chi connectivity index (χ2n) is 5.92. The van der Waals surface area contributed by atoms with Crippen LogP contribution in [-0.2, 0) is 17.7 Å². The third-order valence-electron chi connectivity index (χ3n) is 3.94. The molecule has 1 unspecified atom stereocenters. The van der Waals surface area contributed by atoms with E-state index in [0.29, 0.717) is 12.6 Å². The Morgan fingerprint density at radius 1 is 1.41 bits per heavy atom. The summed E-state index contributed by atoms with van der Waals surface area (Å²) >= 11 is 0. The Kier molecular flexibility index (Phi) is 6.68. The molecule has 1 aliphatic rings. The molecule has 0 amide bonds. The van der Waals surface area contributed by atoms with Crippen LogP contribution < -0.4 is 11.1 Å². The summed E-state index contributed by atoms with van der Waals surface area (Å²) in [6, 6.07) is 8.92. The Bertz CT molecular complexity index is 489. The van der Waals surface area contributed by atoms with Gasteiger partial charge in [-0.25, -0.2) is 0 Å². The Hall–Kier alpha value is -1.59. The Morgan fingerprint density at radius 2 is 2.18 bits per heavy atom. The molecule has 2 rings (SSSR count). The number of hydrogen-bond acceptors (Lipinski definition) is 3. The van der Waals surface area contributed by atoms with E-state index in [2.05, 4.69) is 39.5 Å². The van der Waals surface area contributed by atoms with Crippen LogP contribution in [0, 0.1) is 0 Å². The van der Waals surface area contributed by atoms with Gasteiger partial charge in [0.25, 0.3) is 0 Å². The Balaban J connectivity index is 1.67. The van der Waals surface area contributed by atoms with Gasteiger partial charge < -0.3 is 15.8 Å². The lowest BCUT2D eigenvalue weighted by Crippen LogP contribution is -2.40. The summed E-state index contributed by atoms with van der Waals surface area (Å²) in [6.45, 7) is 6.67. The lowest BCUT2D eigenvalue weighted by atomic mass is 10.00. The molecular weight excluding hydrogens is 276 g/mol. The minimum Gasteiger partial charge on any atom is -0.383 e. The zero-order chi connectivity index (χ0) is 15.8. The van der Waals surface area contributed by atoms with E-state index in [1.54, 1.807) is 7.11 Å². The van der Waals surface area contributed by atoms with Crippen molar-refractivity contribution in [3.05, 3.63) is 35.4 Å². The van der Waals surface area contributed by atoms with E-state index >= 15 is 0 Å². The zero-order valence-electron chi connectivity index (χ0n) is 13.7. The molecular formula is C17H28N4O. The molecule has 0 fully saturated rings. The predicted octanol–water partition coefficient (Wildman–Crippen LogP) is 1.37. The van der Waals surface area contributed by atoms with E-state index in [4.69, 9.17) is 10.5 Å². The topological polar surface area (TPSA) is 62.9 Å². The molecule has 0 radical (unpaired) electrons. The molecule has 1 heterocycles. The molecule has 0 spiro atoms. The van der Waals surface area contributed by atoms with Crippen molar-refractivity contribution in [3.8, 4) is 0 Å². The van der Waals surface area contributed by atoms with Gasteiger partial charge in [0.15, 0.2) is 5.96 Å². The molecule has 1 aromatic carbocycles. The standard InChI is InChI=1S/C17H28N4O/c1-14(13-22-2)20-17(18)19-9-5-10-21-11-8-15-6-3-4-7-16(15)12-21/h3-4,6-7,14H,5,8-13H2,1-2H3,(H3,18,19,20). The molecule has 5 heteroatoms. The minimum absolute atomic E-state index is 0.187. The van der Waals surface area contributed by atoms with E-state index in [0.717, 1.165) is 39.0 Å². The number of aliphatic imine (C=N–C) groups is 1. The molecule has 0 aromatic heterocycles. The van der Waals surface area contributed by atoms with Crippen LogP contribution in [0.4, 0.5) is 0 Å². The van der Waals surface area contributed by atoms with E-state index in [-0.39, 0.29) is 6.04 Å². The number of methoxy groups -OCH3 is 1. The first-order valence-electron chi connectivity index (χ1n) is 8.03. The number of rotatable bonds is 7. The van der Waals surface area contributed by atoms with Crippen LogP contribution in [0.25, 0.3) is 0 Å². The predicted molar refractivity (Wildman–Crippen MR) is 91.0 cm³/mol. The molecule has 22 heavy (non-hydrogen) atoms. The molecule has 0 saturated heterocycles. The van der Waals surface area contributed by atoms with Crippen LogP contribution in [0.15, 0.2) is 29.3 Å². The second-order valence-corrected chi connectivity index (χ2v) is 5.92. The summed E-state index contributed by atoms with van der Waals surface area (Å²) < 4.78 is 5.06. The van der Waals surface area contributed by atoms with Crippen molar-refractivity contribution in [2.45, 2.75) is 32.4 Å². The van der Waals surface area contributed by atoms with Crippen molar-refractivity contribution in [2.24, 2.45) is 10.7 Å². The molecule has 122 valence electrons. The van der Waals surface area contributed by atoms with Gasteiger partial charge in [-0.1, -0.05) is 24.3 Å². The second kappa shape index (κ2) is 8.76. The molecule has 0 aliphatic carbocycles. The largest absolute Gasteiger partial charge is 0.383 e. The number of ether oxygens (including phenoxy) is 1. The zero-order valence-corrected chi connectivity index (χ0v) is 13.7. The van der Waals surface area contributed by atoms with E-state index in [1.165, 1.54) is 11.1 Å². The normalized spacial score (nSPS) is 17.1. The maximum atomic E-state index is 5.86. The smallest absolute Gasteiger partial charge is 0.188 e. The SMILES string of the molecule is COCC(C)NC(N)=NCCCN1CCc2ccccc2C1. The number of nitrogens with two attached hydrogens (primary N) is 1. The summed E-state index contributed by atoms with van der Waals surface area (Å²) in [6.07, 6.45) is 2.18. The minimum atomic E-state index is 0.187. The van der Waals surface area contributed by atoms with Gasteiger partial charge >= 0.3 is 0 Å². The van der Waals surface area contributed by atoms with Gasteiger partial charge in [0.2, 0.25) is 0 Å². The van der Waals surface area contributed by atoms with Gasteiger partial charge in [-0.05, 0) is 30.9 Å². The van der Waals surface area contributed by atoms with E-state index in [9.17, 15) is 0 Å². The molecule has 1 atom stereocenters. The van der Waals surface area contributed by atoms with Gasteiger partial charge in [-0.2, -0.15) is 0 Å². The first-order valence-corrected chi connectivity index (χ1v) is 8.03. The maximum Gasteiger partial charge on any atom is 0.188 e. The van der Waals surface area contributed by atoms with Crippen LogP contribution in [-0.4, -0.2) is 50.3 Å². The number of benzene rings is 1. The summed E-state index contributed by atoms with van der Waals surface area (Å²) in [5.41, 5.74) is 8.82. The average Bonchev–Trinajstić information content (AvgIpc) is 2.51. The van der Waals surface area contributed by atoms with Gasteiger partial charge in [0, 0.05) is 39.3 Å². The molecule has 1 aromatic rings. The van der Waals surface area contributed by atoms with Crippen molar-refractivity contribution in [2.75, 3.05) is 33.4 Å².